The van der Waals surface area contributed by atoms with Gasteiger partial charge in [0.05, 0.1) is 69.7 Å². The van der Waals surface area contributed by atoms with Gasteiger partial charge >= 0.3 is 0 Å². The van der Waals surface area contributed by atoms with Crippen molar-refractivity contribution in [3.05, 3.63) is 90.0 Å². The molecule has 0 bridgehead atoms. The zero-order valence-electron chi connectivity index (χ0n) is 33.2. The Hall–Kier alpha value is -4.57. The Morgan fingerprint density at radius 3 is 1.82 bits per heavy atom. The van der Waals surface area contributed by atoms with E-state index in [-0.39, 0.29) is 47.0 Å². The predicted octanol–water partition coefficient (Wildman–Crippen LogP) is 4.23. The second-order valence-corrected chi connectivity index (χ2v) is 19.3. The van der Waals surface area contributed by atoms with Crippen molar-refractivity contribution in [1.82, 2.24) is 10.2 Å². The molecule has 3 aromatic rings. The minimum Gasteiger partial charge on any atom is -0.405 e. The number of benzene rings is 3. The molecule has 5 rings (SSSR count). The van der Waals surface area contributed by atoms with Gasteiger partial charge < -0.3 is 28.7 Å². The lowest BCUT2D eigenvalue weighted by Crippen LogP contribution is -2.66. The minimum absolute atomic E-state index is 0.0311. The summed E-state index contributed by atoms with van der Waals surface area (Å²) in [7, 11) is -2.57. The first-order chi connectivity index (χ1) is 27.5. The summed E-state index contributed by atoms with van der Waals surface area (Å²) >= 11 is 0. The third kappa shape index (κ3) is 11.3. The fraction of sp³-hybridized carbons (Fsp3) is 0.465. The number of nitrogens with one attached hydrogen (secondary N) is 2. The van der Waals surface area contributed by atoms with Crippen LogP contribution >= 0.6 is 0 Å². The molecule has 1 atom stereocenters. The monoisotopic (exact) mass is 801 g/mol. The van der Waals surface area contributed by atoms with E-state index in [2.05, 4.69) is 79.9 Å². The Morgan fingerprint density at radius 2 is 1.26 bits per heavy atom. The molecule has 2 N–H and O–H groups in total. The third-order valence-corrected chi connectivity index (χ3v) is 15.1. The van der Waals surface area contributed by atoms with Gasteiger partial charge in [-0.1, -0.05) is 93.9 Å². The number of ether oxygens (including phenoxy) is 4. The smallest absolute Gasteiger partial charge is 0.264 e. The van der Waals surface area contributed by atoms with Crippen LogP contribution in [0.25, 0.3) is 0 Å². The maximum Gasteiger partial charge on any atom is 0.264 e. The summed E-state index contributed by atoms with van der Waals surface area (Å²) in [5.41, 5.74) is 0.396. The number of amides is 5. The van der Waals surface area contributed by atoms with E-state index in [1.807, 2.05) is 12.1 Å². The van der Waals surface area contributed by atoms with Crippen LogP contribution in [0.5, 0.6) is 0 Å². The van der Waals surface area contributed by atoms with Crippen LogP contribution in [0, 0.1) is 0 Å². The quantitative estimate of drug-likeness (QED) is 0.0808. The largest absolute Gasteiger partial charge is 0.405 e. The standard InChI is InChI=1S/C43H55N3O10Si/c1-43(2,3)57(32-14-7-4-8-15-32,33-16-9-5-10-17-33)56-31-30-55-29-28-54-27-26-53-25-24-52-23-12-6-11-20-37(47)44-35-19-13-18-34-39(35)42(51)46(41(34)50)36-21-22-38(48)45-40(36)49/h4-5,7-10,13-19,36H,6,11-12,20-31H2,1-3H3,(H,44,47)(H,45,48,49). The first kappa shape index (κ1) is 43.5. The summed E-state index contributed by atoms with van der Waals surface area (Å²) in [5, 5.41) is 7.33. The van der Waals surface area contributed by atoms with Crippen molar-refractivity contribution in [2.24, 2.45) is 0 Å². The van der Waals surface area contributed by atoms with E-state index < -0.39 is 38.0 Å². The van der Waals surface area contributed by atoms with Gasteiger partial charge in [0.25, 0.3) is 20.1 Å². The molecule has 1 fully saturated rings. The summed E-state index contributed by atoms with van der Waals surface area (Å²) in [6, 6.07) is 24.7. The van der Waals surface area contributed by atoms with E-state index in [9.17, 15) is 24.0 Å². The predicted molar refractivity (Wildman–Crippen MR) is 217 cm³/mol. The van der Waals surface area contributed by atoms with Crippen molar-refractivity contribution in [3.8, 4) is 0 Å². The molecule has 2 aliphatic heterocycles. The summed E-state index contributed by atoms with van der Waals surface area (Å²) in [6.45, 7) is 11.0. The number of imide groups is 2. The molecule has 2 aliphatic rings. The lowest BCUT2D eigenvalue weighted by molar-refractivity contribution is -0.136. The van der Waals surface area contributed by atoms with E-state index in [4.69, 9.17) is 23.4 Å². The summed E-state index contributed by atoms with van der Waals surface area (Å²) in [5.74, 6) is -2.69. The van der Waals surface area contributed by atoms with E-state index in [0.29, 0.717) is 65.9 Å². The molecule has 1 saturated heterocycles. The topological polar surface area (TPSA) is 159 Å². The van der Waals surface area contributed by atoms with Gasteiger partial charge in [-0.2, -0.15) is 0 Å². The number of carbonyl (C=O) groups excluding carboxylic acids is 5. The number of unbranched alkanes of at least 4 members (excludes halogenated alkanes) is 2. The number of piperidine rings is 1. The molecular weight excluding hydrogens is 747 g/mol. The number of rotatable bonds is 23. The van der Waals surface area contributed by atoms with Crippen LogP contribution in [0.15, 0.2) is 78.9 Å². The fourth-order valence-corrected chi connectivity index (χ4v) is 11.8. The van der Waals surface area contributed by atoms with E-state index in [1.54, 1.807) is 12.1 Å². The Balaban J connectivity index is 0.871. The zero-order chi connectivity index (χ0) is 40.7. The van der Waals surface area contributed by atoms with Crippen LogP contribution in [0.1, 0.15) is 80.0 Å². The van der Waals surface area contributed by atoms with Crippen molar-refractivity contribution in [3.63, 3.8) is 0 Å². The molecule has 13 nitrogen and oxygen atoms in total. The van der Waals surface area contributed by atoms with Crippen LogP contribution in [-0.4, -0.2) is 108 Å². The maximum atomic E-state index is 13.2. The van der Waals surface area contributed by atoms with Gasteiger partial charge in [0.15, 0.2) is 0 Å². The molecule has 0 aromatic heterocycles. The molecular formula is C43H55N3O10Si. The van der Waals surface area contributed by atoms with Gasteiger partial charge in [0, 0.05) is 19.4 Å². The molecule has 57 heavy (non-hydrogen) atoms. The van der Waals surface area contributed by atoms with Crippen LogP contribution in [0.2, 0.25) is 5.04 Å². The third-order valence-electron chi connectivity index (χ3n) is 10.0. The van der Waals surface area contributed by atoms with Gasteiger partial charge in [-0.3, -0.25) is 34.2 Å². The number of hydrogen-bond acceptors (Lipinski definition) is 10. The second-order valence-electron chi connectivity index (χ2n) is 15.0. The number of nitrogens with zero attached hydrogens (tertiary/aromatic N) is 1. The highest BCUT2D eigenvalue weighted by molar-refractivity contribution is 6.99. The highest BCUT2D eigenvalue weighted by Gasteiger charge is 2.50. The lowest BCUT2D eigenvalue weighted by Gasteiger charge is -2.43. The second kappa shape index (κ2) is 21.3. The van der Waals surface area contributed by atoms with E-state index in [1.165, 1.54) is 16.4 Å². The Morgan fingerprint density at radius 1 is 0.702 bits per heavy atom. The van der Waals surface area contributed by atoms with Gasteiger partial charge in [-0.05, 0) is 46.8 Å². The van der Waals surface area contributed by atoms with Gasteiger partial charge in [0.2, 0.25) is 17.7 Å². The number of hydrogen-bond donors (Lipinski definition) is 2. The average molecular weight is 802 g/mol. The van der Waals surface area contributed by atoms with E-state index in [0.717, 1.165) is 17.7 Å². The van der Waals surface area contributed by atoms with E-state index >= 15 is 0 Å². The first-order valence-corrected chi connectivity index (χ1v) is 21.7. The molecule has 3 aromatic carbocycles. The lowest BCUT2D eigenvalue weighted by atomic mass is 10.0. The van der Waals surface area contributed by atoms with Crippen LogP contribution in [0.4, 0.5) is 5.69 Å². The van der Waals surface area contributed by atoms with Crippen molar-refractivity contribution in [2.45, 2.75) is 70.4 Å². The average Bonchev–Trinajstić information content (AvgIpc) is 3.45. The number of fused-ring (bicyclic) bond motifs is 1. The summed E-state index contributed by atoms with van der Waals surface area (Å²) in [4.78, 5) is 63.7. The molecule has 0 saturated carbocycles. The Kier molecular flexibility index (Phi) is 16.2. The van der Waals surface area contributed by atoms with Crippen molar-refractivity contribution < 1.29 is 47.3 Å². The number of carbonyl (C=O) groups is 5. The fourth-order valence-electron chi connectivity index (χ4n) is 7.28. The molecule has 1 unspecified atom stereocenters. The molecule has 14 heteroatoms. The molecule has 0 radical (unpaired) electrons. The van der Waals surface area contributed by atoms with Crippen molar-refractivity contribution in [2.75, 3.05) is 64.8 Å². The summed E-state index contributed by atoms with van der Waals surface area (Å²) in [6.07, 6.45) is 2.47. The molecule has 2 heterocycles. The Labute approximate surface area is 335 Å². The van der Waals surface area contributed by atoms with Gasteiger partial charge in [-0.15, -0.1) is 0 Å². The first-order valence-electron chi connectivity index (χ1n) is 19.7. The molecule has 0 aliphatic carbocycles. The number of anilines is 1. The maximum absolute atomic E-state index is 13.2. The molecule has 5 amide bonds. The normalized spacial score (nSPS) is 15.8. The molecule has 0 spiro atoms. The highest BCUT2D eigenvalue weighted by Crippen LogP contribution is 2.37. The highest BCUT2D eigenvalue weighted by atomic mass is 28.4. The Bertz CT molecular complexity index is 1780. The zero-order valence-corrected chi connectivity index (χ0v) is 34.2. The van der Waals surface area contributed by atoms with Crippen LogP contribution in [-0.2, 0) is 37.8 Å². The van der Waals surface area contributed by atoms with Crippen LogP contribution in [0.3, 0.4) is 0 Å². The van der Waals surface area contributed by atoms with Crippen molar-refractivity contribution in [1.29, 1.82) is 0 Å². The van der Waals surface area contributed by atoms with Gasteiger partial charge in [-0.25, -0.2) is 0 Å². The summed E-state index contributed by atoms with van der Waals surface area (Å²) < 4.78 is 29.6. The molecule has 306 valence electrons. The SMILES string of the molecule is CC(C)(C)[Si](OCCOCCOCCOCCOCCCCCC(=O)Nc1cccc2c1C(=O)N(C1CCC(=O)NC1=O)C2=O)(c1ccccc1)c1ccccc1. The van der Waals surface area contributed by atoms with Crippen molar-refractivity contribution >= 4 is 53.9 Å². The van der Waals surface area contributed by atoms with Crippen LogP contribution < -0.4 is 21.0 Å². The van der Waals surface area contributed by atoms with Gasteiger partial charge in [0.1, 0.15) is 6.04 Å². The minimum atomic E-state index is -2.57.